The van der Waals surface area contributed by atoms with Crippen LogP contribution in [0, 0.1) is 0 Å². The summed E-state index contributed by atoms with van der Waals surface area (Å²) in [5, 5.41) is 20.4. The third-order valence-electron chi connectivity index (χ3n) is 3.74. The van der Waals surface area contributed by atoms with Crippen molar-refractivity contribution in [3.05, 3.63) is 41.5 Å². The van der Waals surface area contributed by atoms with Crippen LogP contribution in [-0.4, -0.2) is 61.7 Å². The third kappa shape index (κ3) is 4.84. The van der Waals surface area contributed by atoms with Crippen molar-refractivity contribution in [3.8, 4) is 28.7 Å². The summed E-state index contributed by atoms with van der Waals surface area (Å²) in [6.07, 6.45) is -0.484. The predicted molar refractivity (Wildman–Crippen MR) is 97.4 cm³/mol. The molecule has 7 heteroatoms. The Morgan fingerprint density at radius 1 is 0.880 bits per heavy atom. The summed E-state index contributed by atoms with van der Waals surface area (Å²) in [5.74, 6) is 1.85. The molecule has 0 amide bonds. The summed E-state index contributed by atoms with van der Waals surface area (Å²) >= 11 is 0. The van der Waals surface area contributed by atoms with Gasteiger partial charge in [0, 0.05) is 6.42 Å². The van der Waals surface area contributed by atoms with Crippen LogP contribution in [0.25, 0.3) is 0 Å². The average Bonchev–Trinajstić information content (AvgIpc) is 2.60. The summed E-state index contributed by atoms with van der Waals surface area (Å²) in [6.45, 7) is 0. The minimum absolute atomic E-state index is 0. The molecular formula is C18H24MgO6. The maximum Gasteiger partial charge on any atom is 2.00 e. The molecule has 0 radical (unpaired) electrons. The van der Waals surface area contributed by atoms with Crippen LogP contribution < -0.4 is 18.9 Å². The first-order valence-electron chi connectivity index (χ1n) is 7.37. The van der Waals surface area contributed by atoms with Crippen LogP contribution in [0.1, 0.15) is 20.1 Å². The largest absolute Gasteiger partial charge is 2.00 e. The van der Waals surface area contributed by atoms with Crippen molar-refractivity contribution >= 4 is 23.1 Å². The van der Waals surface area contributed by atoms with Crippen LogP contribution in [0.2, 0.25) is 0 Å². The molecule has 2 N–H and O–H groups in total. The minimum Gasteiger partial charge on any atom is -1.00 e. The number of hydrogen-bond acceptors (Lipinski definition) is 6. The second-order valence-electron chi connectivity index (χ2n) is 5.18. The zero-order valence-electron chi connectivity index (χ0n) is 16.9. The first-order chi connectivity index (χ1) is 11.5. The van der Waals surface area contributed by atoms with Crippen LogP contribution >= 0.6 is 0 Å². The van der Waals surface area contributed by atoms with E-state index in [1.165, 1.54) is 28.4 Å². The van der Waals surface area contributed by atoms with Gasteiger partial charge in [0.15, 0.2) is 23.0 Å². The molecule has 2 aromatic rings. The standard InChI is InChI=1S/C18H22O6.Mg.2H/c1-21-15-6-5-11(8-14(15)20)7-13(19)12-9-16(22-2)18(24-4)17(10-12)23-3;;;/h5-6,8-10,13,19-20H,7H2,1-4H3;;;/q;+2;2*-1/t13-;;;/m1.../s1. The molecule has 0 spiro atoms. The maximum absolute atomic E-state index is 10.5. The normalized spacial score (nSPS) is 11.2. The van der Waals surface area contributed by atoms with E-state index in [2.05, 4.69) is 0 Å². The third-order valence-corrected chi connectivity index (χ3v) is 3.74. The van der Waals surface area contributed by atoms with Gasteiger partial charge in [0.05, 0.1) is 34.5 Å². The van der Waals surface area contributed by atoms with Crippen molar-refractivity contribution in [2.75, 3.05) is 28.4 Å². The van der Waals surface area contributed by atoms with Crippen LogP contribution in [0.3, 0.4) is 0 Å². The number of methoxy groups -OCH3 is 4. The number of rotatable bonds is 7. The van der Waals surface area contributed by atoms with Crippen molar-refractivity contribution in [1.82, 2.24) is 0 Å². The van der Waals surface area contributed by atoms with Gasteiger partial charge < -0.3 is 32.0 Å². The molecule has 2 rings (SSSR count). The molecule has 25 heavy (non-hydrogen) atoms. The smallest absolute Gasteiger partial charge is 1.00 e. The van der Waals surface area contributed by atoms with Gasteiger partial charge in [-0.15, -0.1) is 0 Å². The van der Waals surface area contributed by atoms with E-state index < -0.39 is 6.10 Å². The SMILES string of the molecule is COc1ccc(C[C@@H](O)c2cc(OC)c(OC)c(OC)c2)cc1O.[H-].[H-].[Mg+2]. The quantitative estimate of drug-likeness (QED) is 0.739. The van der Waals surface area contributed by atoms with Gasteiger partial charge in [-0.2, -0.15) is 0 Å². The number of aromatic hydroxyl groups is 1. The van der Waals surface area contributed by atoms with Crippen LogP contribution in [0.15, 0.2) is 30.3 Å². The fourth-order valence-electron chi connectivity index (χ4n) is 2.50. The van der Waals surface area contributed by atoms with Crippen molar-refractivity contribution in [2.45, 2.75) is 12.5 Å². The van der Waals surface area contributed by atoms with E-state index >= 15 is 0 Å². The van der Waals surface area contributed by atoms with Crippen LogP contribution in [0.5, 0.6) is 28.7 Å². The number of ether oxygens (including phenoxy) is 4. The van der Waals surface area contributed by atoms with Gasteiger partial charge in [0.25, 0.3) is 0 Å². The Labute approximate surface area is 166 Å². The van der Waals surface area contributed by atoms with E-state index in [9.17, 15) is 10.2 Å². The number of phenolic OH excluding ortho intramolecular Hbond substituents is 1. The summed E-state index contributed by atoms with van der Waals surface area (Å²) < 4.78 is 20.9. The fraction of sp³-hybridized carbons (Fsp3) is 0.333. The Hall–Kier alpha value is -1.83. The van der Waals surface area contributed by atoms with Gasteiger partial charge in [-0.25, -0.2) is 0 Å². The minimum atomic E-state index is -0.800. The van der Waals surface area contributed by atoms with Crippen molar-refractivity contribution in [1.29, 1.82) is 0 Å². The fourth-order valence-corrected chi connectivity index (χ4v) is 2.50. The van der Waals surface area contributed by atoms with Gasteiger partial charge in [-0.05, 0) is 35.4 Å². The first-order valence-corrected chi connectivity index (χ1v) is 7.37. The van der Waals surface area contributed by atoms with E-state index in [1.807, 2.05) is 0 Å². The Morgan fingerprint density at radius 3 is 1.88 bits per heavy atom. The van der Waals surface area contributed by atoms with Crippen molar-refractivity contribution in [2.24, 2.45) is 0 Å². The van der Waals surface area contributed by atoms with Crippen molar-refractivity contribution < 1.29 is 32.0 Å². The monoisotopic (exact) mass is 360 g/mol. The number of aliphatic hydroxyl groups is 1. The van der Waals surface area contributed by atoms with E-state index in [0.29, 0.717) is 35.0 Å². The molecule has 0 fully saturated rings. The van der Waals surface area contributed by atoms with Gasteiger partial charge in [-0.3, -0.25) is 0 Å². The Morgan fingerprint density at radius 2 is 1.44 bits per heavy atom. The molecule has 0 heterocycles. The van der Waals surface area contributed by atoms with E-state index in [0.717, 1.165) is 5.56 Å². The summed E-state index contributed by atoms with van der Waals surface area (Å²) in [4.78, 5) is 0. The predicted octanol–water partition coefficient (Wildman–Crippen LogP) is 2.55. The Balaban J connectivity index is 0. The number of aliphatic hydroxyl groups excluding tert-OH is 1. The zero-order chi connectivity index (χ0) is 17.7. The second-order valence-corrected chi connectivity index (χ2v) is 5.18. The van der Waals surface area contributed by atoms with Crippen LogP contribution in [0.4, 0.5) is 0 Å². The molecule has 134 valence electrons. The van der Waals surface area contributed by atoms with Gasteiger partial charge in [0.2, 0.25) is 5.75 Å². The zero-order valence-corrected chi connectivity index (χ0v) is 16.3. The summed E-state index contributed by atoms with van der Waals surface area (Å²) in [7, 11) is 6.06. The second kappa shape index (κ2) is 9.60. The maximum atomic E-state index is 10.5. The van der Waals surface area contributed by atoms with Gasteiger partial charge in [-0.1, -0.05) is 6.07 Å². The van der Waals surface area contributed by atoms with Crippen LogP contribution in [-0.2, 0) is 6.42 Å². The molecule has 0 saturated heterocycles. The molecule has 0 unspecified atom stereocenters. The molecule has 6 nitrogen and oxygen atoms in total. The summed E-state index contributed by atoms with van der Waals surface area (Å²) in [5.41, 5.74) is 1.40. The topological polar surface area (TPSA) is 77.4 Å². The molecule has 0 aliphatic carbocycles. The molecule has 0 aliphatic heterocycles. The van der Waals surface area contributed by atoms with E-state index in [4.69, 9.17) is 18.9 Å². The van der Waals surface area contributed by atoms with Gasteiger partial charge >= 0.3 is 23.1 Å². The van der Waals surface area contributed by atoms with Crippen molar-refractivity contribution in [3.63, 3.8) is 0 Å². The van der Waals surface area contributed by atoms with Gasteiger partial charge in [0.1, 0.15) is 0 Å². The average molecular weight is 361 g/mol. The number of benzene rings is 2. The molecule has 0 bridgehead atoms. The molecule has 1 atom stereocenters. The molecule has 0 aliphatic rings. The van der Waals surface area contributed by atoms with E-state index in [-0.39, 0.29) is 31.7 Å². The molecule has 0 aromatic heterocycles. The number of hydrogen-bond donors (Lipinski definition) is 2. The Bertz CT molecular complexity index is 689. The molecular weight excluding hydrogens is 336 g/mol. The first kappa shape index (κ1) is 21.2. The summed E-state index contributed by atoms with van der Waals surface area (Å²) in [6, 6.07) is 8.43. The Kier molecular flexibility index (Phi) is 8.14. The van der Waals surface area contributed by atoms with E-state index in [1.54, 1.807) is 30.3 Å². The molecule has 2 aromatic carbocycles. The number of phenols is 1. The molecule has 0 saturated carbocycles.